The average Bonchev–Trinajstić information content (AvgIpc) is 2.41. The van der Waals surface area contributed by atoms with Crippen LogP contribution in [0, 0.1) is 11.6 Å². The summed E-state index contributed by atoms with van der Waals surface area (Å²) in [5.41, 5.74) is 0.222. The van der Waals surface area contributed by atoms with Crippen LogP contribution < -0.4 is 5.32 Å². The molecular weight excluding hydrogens is 260 g/mol. The van der Waals surface area contributed by atoms with E-state index in [0.29, 0.717) is 12.0 Å². The van der Waals surface area contributed by atoms with Crippen LogP contribution in [0.25, 0.3) is 0 Å². The smallest absolute Gasteiger partial charge is 0.162 e. The first-order chi connectivity index (χ1) is 9.39. The van der Waals surface area contributed by atoms with Crippen molar-refractivity contribution < 1.29 is 13.5 Å². The van der Waals surface area contributed by atoms with Crippen molar-refractivity contribution in [1.29, 1.82) is 0 Å². The van der Waals surface area contributed by atoms with Crippen LogP contribution in [0.1, 0.15) is 39.2 Å². The van der Waals surface area contributed by atoms with E-state index in [1.807, 2.05) is 20.8 Å². The van der Waals surface area contributed by atoms with Crippen molar-refractivity contribution in [2.45, 2.75) is 51.7 Å². The molecule has 1 atom stereocenters. The molecule has 0 radical (unpaired) electrons. The first-order valence-corrected chi connectivity index (χ1v) is 7.11. The van der Waals surface area contributed by atoms with Crippen LogP contribution >= 0.6 is 0 Å². The van der Waals surface area contributed by atoms with E-state index in [1.165, 1.54) is 0 Å². The van der Waals surface area contributed by atoms with Crippen LogP contribution in [-0.4, -0.2) is 25.3 Å². The number of halogens is 2. The minimum absolute atomic E-state index is 0.116. The summed E-state index contributed by atoms with van der Waals surface area (Å²) in [6.45, 7) is 6.86. The van der Waals surface area contributed by atoms with Crippen LogP contribution in [0.15, 0.2) is 18.2 Å². The number of rotatable bonds is 8. The molecule has 0 heterocycles. The molecule has 1 N–H and O–H groups in total. The third-order valence-electron chi connectivity index (χ3n) is 3.64. The van der Waals surface area contributed by atoms with Gasteiger partial charge in [0.25, 0.3) is 0 Å². The molecule has 0 bridgehead atoms. The molecule has 0 aromatic heterocycles. The van der Waals surface area contributed by atoms with Gasteiger partial charge in [-0.3, -0.25) is 0 Å². The molecule has 0 aliphatic rings. The van der Waals surface area contributed by atoms with Crippen molar-refractivity contribution in [3.63, 3.8) is 0 Å². The largest absolute Gasteiger partial charge is 0.379 e. The minimum Gasteiger partial charge on any atom is -0.379 e. The van der Waals surface area contributed by atoms with E-state index in [-0.39, 0.29) is 11.6 Å². The molecule has 1 rings (SSSR count). The van der Waals surface area contributed by atoms with E-state index in [1.54, 1.807) is 19.2 Å². The van der Waals surface area contributed by atoms with Gasteiger partial charge < -0.3 is 10.1 Å². The van der Waals surface area contributed by atoms with E-state index in [0.717, 1.165) is 25.5 Å². The summed E-state index contributed by atoms with van der Waals surface area (Å²) >= 11 is 0. The highest BCUT2D eigenvalue weighted by atomic mass is 19.2. The van der Waals surface area contributed by atoms with Crippen LogP contribution in [0.3, 0.4) is 0 Å². The topological polar surface area (TPSA) is 21.3 Å². The highest BCUT2D eigenvalue weighted by Gasteiger charge is 2.20. The van der Waals surface area contributed by atoms with Gasteiger partial charge in [0.1, 0.15) is 0 Å². The lowest BCUT2D eigenvalue weighted by molar-refractivity contribution is 0.0117. The van der Waals surface area contributed by atoms with E-state index >= 15 is 0 Å². The lowest BCUT2D eigenvalue weighted by atomic mass is 9.95. The summed E-state index contributed by atoms with van der Waals surface area (Å²) in [6.07, 6.45) is 2.19. The van der Waals surface area contributed by atoms with Gasteiger partial charge in [-0.15, -0.1) is 0 Å². The highest BCUT2D eigenvalue weighted by molar-refractivity contribution is 5.20. The van der Waals surface area contributed by atoms with Crippen molar-refractivity contribution in [1.82, 2.24) is 5.32 Å². The summed E-state index contributed by atoms with van der Waals surface area (Å²) in [5, 5.41) is 3.33. The molecule has 114 valence electrons. The van der Waals surface area contributed by atoms with E-state index < -0.39 is 11.6 Å². The van der Waals surface area contributed by atoms with Gasteiger partial charge in [0.2, 0.25) is 0 Å². The van der Waals surface area contributed by atoms with Crippen LogP contribution in [0.2, 0.25) is 0 Å². The lowest BCUT2D eigenvalue weighted by Crippen LogP contribution is -2.34. The Morgan fingerprint density at radius 3 is 2.60 bits per heavy atom. The van der Waals surface area contributed by atoms with Gasteiger partial charge >= 0.3 is 0 Å². The summed E-state index contributed by atoms with van der Waals surface area (Å²) in [4.78, 5) is 0. The molecule has 0 aliphatic carbocycles. The molecule has 1 unspecified atom stereocenters. The van der Waals surface area contributed by atoms with Crippen molar-refractivity contribution in [3.8, 4) is 0 Å². The molecular formula is C16H25F2NO. The maximum absolute atomic E-state index is 13.7. The Balaban J connectivity index is 2.69. The van der Waals surface area contributed by atoms with Gasteiger partial charge in [-0.1, -0.05) is 19.1 Å². The fraction of sp³-hybridized carbons (Fsp3) is 0.625. The second-order valence-electron chi connectivity index (χ2n) is 5.67. The van der Waals surface area contributed by atoms with E-state index in [9.17, 15) is 8.78 Å². The fourth-order valence-electron chi connectivity index (χ4n) is 2.16. The normalized spacial score (nSPS) is 13.5. The van der Waals surface area contributed by atoms with Crippen LogP contribution in [0.5, 0.6) is 0 Å². The Morgan fingerprint density at radius 2 is 2.00 bits per heavy atom. The SMILES string of the molecule is CCNC(CCC(C)(C)OC)Cc1cccc(F)c1F. The Bertz CT molecular complexity index is 421. The van der Waals surface area contributed by atoms with Crippen molar-refractivity contribution >= 4 is 0 Å². The first-order valence-electron chi connectivity index (χ1n) is 7.11. The maximum atomic E-state index is 13.7. The summed E-state index contributed by atoms with van der Waals surface area (Å²) in [5.74, 6) is -1.52. The number of nitrogens with one attached hydrogen (secondary N) is 1. The summed E-state index contributed by atoms with van der Waals surface area (Å²) in [7, 11) is 1.69. The maximum Gasteiger partial charge on any atom is 0.162 e. The van der Waals surface area contributed by atoms with Gasteiger partial charge in [0, 0.05) is 13.2 Å². The zero-order valence-electron chi connectivity index (χ0n) is 12.8. The molecule has 1 aromatic rings. The monoisotopic (exact) mass is 285 g/mol. The van der Waals surface area contributed by atoms with Crippen molar-refractivity contribution in [2.75, 3.05) is 13.7 Å². The number of benzene rings is 1. The lowest BCUT2D eigenvalue weighted by Gasteiger charge is -2.26. The van der Waals surface area contributed by atoms with Gasteiger partial charge in [-0.05, 0) is 51.3 Å². The molecule has 2 nitrogen and oxygen atoms in total. The predicted molar refractivity (Wildman–Crippen MR) is 77.8 cm³/mol. The van der Waals surface area contributed by atoms with E-state index in [4.69, 9.17) is 4.74 Å². The third kappa shape index (κ3) is 5.17. The molecule has 0 saturated carbocycles. The third-order valence-corrected chi connectivity index (χ3v) is 3.64. The number of hydrogen-bond donors (Lipinski definition) is 1. The molecule has 0 amide bonds. The number of ether oxygens (including phenoxy) is 1. The number of likely N-dealkylation sites (N-methyl/N-ethyl adjacent to an activating group) is 1. The van der Waals surface area contributed by atoms with Crippen molar-refractivity contribution in [2.24, 2.45) is 0 Å². The van der Waals surface area contributed by atoms with Gasteiger partial charge in [-0.25, -0.2) is 8.78 Å². The Labute approximate surface area is 120 Å². The quantitative estimate of drug-likeness (QED) is 0.786. The van der Waals surface area contributed by atoms with E-state index in [2.05, 4.69) is 5.32 Å². The highest BCUT2D eigenvalue weighted by Crippen LogP contribution is 2.20. The standard InChI is InChI=1S/C16H25F2NO/c1-5-19-13(9-10-16(2,3)20-4)11-12-7-6-8-14(17)15(12)18/h6-8,13,19H,5,9-11H2,1-4H3. The Kier molecular flexibility index (Phi) is 6.56. The van der Waals surface area contributed by atoms with Gasteiger partial charge in [0.15, 0.2) is 11.6 Å². The van der Waals surface area contributed by atoms with Crippen LogP contribution in [0.4, 0.5) is 8.78 Å². The first kappa shape index (κ1) is 17.1. The summed E-state index contributed by atoms with van der Waals surface area (Å²) < 4.78 is 32.3. The van der Waals surface area contributed by atoms with Gasteiger partial charge in [-0.2, -0.15) is 0 Å². The fourth-order valence-corrected chi connectivity index (χ4v) is 2.16. The van der Waals surface area contributed by atoms with Gasteiger partial charge in [0.05, 0.1) is 5.60 Å². The second-order valence-corrected chi connectivity index (χ2v) is 5.67. The number of hydrogen-bond acceptors (Lipinski definition) is 2. The molecule has 0 fully saturated rings. The Hall–Kier alpha value is -1.00. The summed E-state index contributed by atoms with van der Waals surface area (Å²) in [6, 6.07) is 4.46. The molecule has 0 spiro atoms. The molecule has 4 heteroatoms. The number of methoxy groups -OCH3 is 1. The second kappa shape index (κ2) is 7.70. The Morgan fingerprint density at radius 1 is 1.30 bits per heavy atom. The minimum atomic E-state index is -0.782. The average molecular weight is 285 g/mol. The predicted octanol–water partition coefficient (Wildman–Crippen LogP) is 3.69. The molecule has 1 aromatic carbocycles. The zero-order valence-corrected chi connectivity index (χ0v) is 12.8. The molecule has 20 heavy (non-hydrogen) atoms. The molecule has 0 aliphatic heterocycles. The van der Waals surface area contributed by atoms with Crippen LogP contribution in [-0.2, 0) is 11.2 Å². The molecule has 0 saturated heterocycles. The zero-order chi connectivity index (χ0) is 15.2. The van der Waals surface area contributed by atoms with Crippen molar-refractivity contribution in [3.05, 3.63) is 35.4 Å².